The van der Waals surface area contributed by atoms with Crippen molar-refractivity contribution in [2.24, 2.45) is 0 Å². The molecule has 0 unspecified atom stereocenters. The van der Waals surface area contributed by atoms with E-state index in [9.17, 15) is 0 Å². The van der Waals surface area contributed by atoms with Crippen LogP contribution in [0.4, 0.5) is 17.1 Å². The van der Waals surface area contributed by atoms with Gasteiger partial charge in [-0.3, -0.25) is 0 Å². The number of rotatable bonds is 6. The minimum absolute atomic E-state index is 0.443. The van der Waals surface area contributed by atoms with Gasteiger partial charge in [-0.05, 0) is 137 Å². The Labute approximate surface area is 373 Å². The largest absolute Gasteiger partial charge is 0.310 e. The third kappa shape index (κ3) is 5.38. The molecule has 0 bridgehead atoms. The smallest absolute Gasteiger partial charge is 0.0725 e. The predicted octanol–water partition coefficient (Wildman–Crippen LogP) is 16.8. The first kappa shape index (κ1) is 36.4. The van der Waals surface area contributed by atoms with Crippen LogP contribution in [0.25, 0.3) is 77.2 Å². The summed E-state index contributed by atoms with van der Waals surface area (Å²) >= 11 is 0. The Kier molecular flexibility index (Phi) is 8.20. The molecule has 0 amide bonds. The molecule has 0 aliphatic heterocycles. The normalized spacial score (nSPS) is 12.8. The second-order valence-corrected chi connectivity index (χ2v) is 17.2. The Morgan fingerprint density at radius 3 is 1.39 bits per heavy atom. The van der Waals surface area contributed by atoms with E-state index in [2.05, 4.69) is 254 Å². The van der Waals surface area contributed by atoms with Gasteiger partial charge in [0.2, 0.25) is 0 Å². The van der Waals surface area contributed by atoms with Crippen molar-refractivity contribution < 1.29 is 0 Å². The van der Waals surface area contributed by atoms with Gasteiger partial charge in [-0.2, -0.15) is 0 Å². The first-order chi connectivity index (χ1) is 31.8. The highest BCUT2D eigenvalue weighted by molar-refractivity contribution is 6.03. The van der Waals surface area contributed by atoms with Crippen LogP contribution in [0.1, 0.15) is 22.3 Å². The minimum atomic E-state index is -0.443. The molecule has 2 aliphatic rings. The molecular formula is C63H41N. The van der Waals surface area contributed by atoms with E-state index in [0.717, 1.165) is 17.1 Å². The molecular weight excluding hydrogens is 771 g/mol. The standard InChI is InChI=1S/C63H41N/c1-2-16-42(17-3-1)47-40-56(62-55-26-10-13-30-59(55)63(60(62)41-47)57-28-11-8-24-53(57)54-25-9-12-29-58(54)63)46-34-38-49(39-35-46)64(61-31-15-21-44-19-5-7-23-52(44)61)48-36-32-45(33-37-48)51-27-14-20-43-18-4-6-22-50(43)51/h1-41H. The summed E-state index contributed by atoms with van der Waals surface area (Å²) in [5.41, 5.74) is 20.8. The molecule has 1 spiro atoms. The van der Waals surface area contributed by atoms with Crippen LogP contribution in [0.5, 0.6) is 0 Å². The molecule has 0 saturated carbocycles. The molecule has 0 radical (unpaired) electrons. The van der Waals surface area contributed by atoms with E-state index < -0.39 is 5.41 Å². The van der Waals surface area contributed by atoms with Crippen molar-refractivity contribution in [3.8, 4) is 55.6 Å². The van der Waals surface area contributed by atoms with E-state index in [1.165, 1.54) is 99.4 Å². The first-order valence-corrected chi connectivity index (χ1v) is 22.3. The third-order valence-electron chi connectivity index (χ3n) is 13.9. The lowest BCUT2D eigenvalue weighted by molar-refractivity contribution is 0.794. The number of hydrogen-bond donors (Lipinski definition) is 0. The molecule has 11 aromatic rings. The molecule has 1 heteroatoms. The molecule has 0 N–H and O–H groups in total. The maximum Gasteiger partial charge on any atom is 0.0725 e. The van der Waals surface area contributed by atoms with Gasteiger partial charge in [0.1, 0.15) is 0 Å². The first-order valence-electron chi connectivity index (χ1n) is 22.3. The van der Waals surface area contributed by atoms with Gasteiger partial charge in [-0.25, -0.2) is 0 Å². The van der Waals surface area contributed by atoms with Gasteiger partial charge in [0, 0.05) is 16.8 Å². The molecule has 0 heterocycles. The van der Waals surface area contributed by atoms with E-state index in [-0.39, 0.29) is 0 Å². The molecule has 1 nitrogen and oxygen atoms in total. The van der Waals surface area contributed by atoms with Crippen LogP contribution in [0.15, 0.2) is 249 Å². The highest BCUT2D eigenvalue weighted by Crippen LogP contribution is 2.64. The Morgan fingerprint density at radius 2 is 0.734 bits per heavy atom. The van der Waals surface area contributed by atoms with Gasteiger partial charge in [-0.15, -0.1) is 0 Å². The maximum absolute atomic E-state index is 2.49. The van der Waals surface area contributed by atoms with Gasteiger partial charge in [0.25, 0.3) is 0 Å². The van der Waals surface area contributed by atoms with Crippen molar-refractivity contribution in [1.82, 2.24) is 0 Å². The van der Waals surface area contributed by atoms with Crippen LogP contribution >= 0.6 is 0 Å². The number of anilines is 3. The topological polar surface area (TPSA) is 3.24 Å². The van der Waals surface area contributed by atoms with Crippen molar-refractivity contribution in [1.29, 1.82) is 0 Å². The average Bonchev–Trinajstić information content (AvgIpc) is 3.84. The molecule has 0 fully saturated rings. The molecule has 2 aliphatic carbocycles. The monoisotopic (exact) mass is 811 g/mol. The zero-order chi connectivity index (χ0) is 42.2. The fourth-order valence-corrected chi connectivity index (χ4v) is 11.1. The quantitative estimate of drug-likeness (QED) is 0.162. The van der Waals surface area contributed by atoms with Gasteiger partial charge in [0.15, 0.2) is 0 Å². The highest BCUT2D eigenvalue weighted by atomic mass is 15.1. The minimum Gasteiger partial charge on any atom is -0.310 e. The Bertz CT molecular complexity index is 3540. The summed E-state index contributed by atoms with van der Waals surface area (Å²) in [4.78, 5) is 2.42. The van der Waals surface area contributed by atoms with Gasteiger partial charge < -0.3 is 4.90 Å². The molecule has 298 valence electrons. The zero-order valence-corrected chi connectivity index (χ0v) is 35.1. The summed E-state index contributed by atoms with van der Waals surface area (Å²) in [6, 6.07) is 92.1. The summed E-state index contributed by atoms with van der Waals surface area (Å²) in [7, 11) is 0. The highest BCUT2D eigenvalue weighted by Gasteiger charge is 2.52. The summed E-state index contributed by atoms with van der Waals surface area (Å²) in [6.45, 7) is 0. The Morgan fingerprint density at radius 1 is 0.266 bits per heavy atom. The van der Waals surface area contributed by atoms with Crippen molar-refractivity contribution in [2.75, 3.05) is 4.90 Å². The van der Waals surface area contributed by atoms with Crippen molar-refractivity contribution in [3.05, 3.63) is 271 Å². The second-order valence-electron chi connectivity index (χ2n) is 17.2. The fraction of sp³-hybridized carbons (Fsp3) is 0.0159. The molecule has 0 aromatic heterocycles. The average molecular weight is 812 g/mol. The number of nitrogens with zero attached hydrogens (tertiary/aromatic N) is 1. The number of benzene rings is 11. The van der Waals surface area contributed by atoms with Crippen LogP contribution in [-0.2, 0) is 5.41 Å². The zero-order valence-electron chi connectivity index (χ0n) is 35.1. The lowest BCUT2D eigenvalue weighted by Gasteiger charge is -2.31. The lowest BCUT2D eigenvalue weighted by atomic mass is 9.70. The second kappa shape index (κ2) is 14.4. The van der Waals surface area contributed by atoms with Crippen LogP contribution in [0.3, 0.4) is 0 Å². The summed E-state index contributed by atoms with van der Waals surface area (Å²) < 4.78 is 0. The Balaban J connectivity index is 1.01. The van der Waals surface area contributed by atoms with Crippen molar-refractivity contribution in [2.45, 2.75) is 5.41 Å². The van der Waals surface area contributed by atoms with Crippen molar-refractivity contribution in [3.63, 3.8) is 0 Å². The van der Waals surface area contributed by atoms with E-state index in [4.69, 9.17) is 0 Å². The van der Waals surface area contributed by atoms with E-state index in [0.29, 0.717) is 0 Å². The molecule has 0 saturated heterocycles. The molecule has 0 atom stereocenters. The lowest BCUT2D eigenvalue weighted by Crippen LogP contribution is -2.25. The van der Waals surface area contributed by atoms with Gasteiger partial charge >= 0.3 is 0 Å². The van der Waals surface area contributed by atoms with E-state index in [1.807, 2.05) is 0 Å². The predicted molar refractivity (Wildman–Crippen MR) is 269 cm³/mol. The summed E-state index contributed by atoms with van der Waals surface area (Å²) in [5, 5.41) is 4.93. The van der Waals surface area contributed by atoms with E-state index >= 15 is 0 Å². The van der Waals surface area contributed by atoms with Crippen LogP contribution in [0.2, 0.25) is 0 Å². The SMILES string of the molecule is c1ccc(-c2cc(-c3ccc(N(c4ccc(-c5cccc6ccccc56)cc4)c4cccc5ccccc45)cc3)c3c(c2)C2(c4ccccc4-c4ccccc42)c2ccccc2-3)cc1. The number of hydrogen-bond acceptors (Lipinski definition) is 1. The van der Waals surface area contributed by atoms with Gasteiger partial charge in [-0.1, -0.05) is 206 Å². The molecule has 13 rings (SSSR count). The van der Waals surface area contributed by atoms with Gasteiger partial charge in [0.05, 0.1) is 11.1 Å². The third-order valence-corrected chi connectivity index (χ3v) is 13.9. The van der Waals surface area contributed by atoms with E-state index in [1.54, 1.807) is 0 Å². The van der Waals surface area contributed by atoms with Crippen LogP contribution in [-0.4, -0.2) is 0 Å². The Hall–Kier alpha value is -8.26. The molecule has 64 heavy (non-hydrogen) atoms. The summed E-state index contributed by atoms with van der Waals surface area (Å²) in [6.07, 6.45) is 0. The molecule has 11 aromatic carbocycles. The fourth-order valence-electron chi connectivity index (χ4n) is 11.1. The van der Waals surface area contributed by atoms with Crippen molar-refractivity contribution >= 4 is 38.6 Å². The number of fused-ring (bicyclic) bond motifs is 12. The van der Waals surface area contributed by atoms with Crippen LogP contribution < -0.4 is 4.90 Å². The summed E-state index contributed by atoms with van der Waals surface area (Å²) in [5.74, 6) is 0. The maximum atomic E-state index is 2.49. The van der Waals surface area contributed by atoms with Crippen LogP contribution in [0, 0.1) is 0 Å².